The lowest BCUT2D eigenvalue weighted by atomic mass is 9.97. The van der Waals surface area contributed by atoms with Gasteiger partial charge in [0.2, 0.25) is 11.5 Å². The van der Waals surface area contributed by atoms with Crippen LogP contribution in [0, 0.1) is 0 Å². The fourth-order valence-corrected chi connectivity index (χ4v) is 3.79. The number of benzene rings is 1. The van der Waals surface area contributed by atoms with Crippen LogP contribution in [0.2, 0.25) is 0 Å². The Kier molecular flexibility index (Phi) is 14.4. The fourth-order valence-electron chi connectivity index (χ4n) is 3.79. The van der Waals surface area contributed by atoms with Gasteiger partial charge in [0.15, 0.2) is 11.5 Å². The van der Waals surface area contributed by atoms with Gasteiger partial charge in [0.05, 0.1) is 13.2 Å². The van der Waals surface area contributed by atoms with Gasteiger partial charge < -0.3 is 24.8 Å². The number of ether oxygens (including phenoxy) is 2. The summed E-state index contributed by atoms with van der Waals surface area (Å²) in [5.74, 6) is -2.11. The second-order valence-corrected chi connectivity index (χ2v) is 8.50. The summed E-state index contributed by atoms with van der Waals surface area (Å²) in [6.07, 6.45) is 13.8. The summed E-state index contributed by atoms with van der Waals surface area (Å²) in [6, 6.07) is 0. The molecule has 0 heterocycles. The summed E-state index contributed by atoms with van der Waals surface area (Å²) < 4.78 is 11.9. The highest BCUT2D eigenvalue weighted by Crippen LogP contribution is 2.49. The third-order valence-corrected chi connectivity index (χ3v) is 5.69. The second-order valence-electron chi connectivity index (χ2n) is 8.50. The fraction of sp³-hybridized carbons (Fsp3) is 0.731. The standard InChI is InChI=1S/C26H44O6/c1-4-7-10-12-15-18-31-24-20(17-14-9-6-3)21(26(29)30)22(27)23(28)25(24)32-19-16-13-11-8-5-2/h27-28H,4-19H2,1-3H3,(H,29,30). The molecule has 0 aliphatic heterocycles. The summed E-state index contributed by atoms with van der Waals surface area (Å²) in [5, 5.41) is 30.8. The van der Waals surface area contributed by atoms with Crippen molar-refractivity contribution in [1.29, 1.82) is 0 Å². The SMILES string of the molecule is CCCCCCCOc1c(O)c(O)c(C(=O)O)c(CCCCC)c1OCCCCCCC. The van der Waals surface area contributed by atoms with Crippen LogP contribution in [-0.4, -0.2) is 34.5 Å². The van der Waals surface area contributed by atoms with E-state index in [0.29, 0.717) is 25.2 Å². The number of hydrogen-bond acceptors (Lipinski definition) is 5. The maximum Gasteiger partial charge on any atom is 0.340 e. The molecule has 0 aliphatic carbocycles. The predicted molar refractivity (Wildman–Crippen MR) is 128 cm³/mol. The smallest absolute Gasteiger partial charge is 0.340 e. The zero-order valence-corrected chi connectivity index (χ0v) is 20.4. The van der Waals surface area contributed by atoms with Crippen molar-refractivity contribution in [1.82, 2.24) is 0 Å². The molecule has 1 rings (SSSR count). The lowest BCUT2D eigenvalue weighted by molar-refractivity contribution is 0.0690. The Morgan fingerprint density at radius 1 is 0.656 bits per heavy atom. The average molecular weight is 453 g/mol. The zero-order chi connectivity index (χ0) is 23.8. The van der Waals surface area contributed by atoms with Crippen molar-refractivity contribution in [3.8, 4) is 23.0 Å². The second kappa shape index (κ2) is 16.5. The number of unbranched alkanes of at least 4 members (excludes halogenated alkanes) is 10. The van der Waals surface area contributed by atoms with Crippen molar-refractivity contribution in [2.75, 3.05) is 13.2 Å². The summed E-state index contributed by atoms with van der Waals surface area (Å²) in [4.78, 5) is 11.9. The molecule has 1 aromatic rings. The normalized spacial score (nSPS) is 11.0. The number of hydrogen-bond donors (Lipinski definition) is 3. The molecule has 32 heavy (non-hydrogen) atoms. The minimum Gasteiger partial charge on any atom is -0.504 e. The van der Waals surface area contributed by atoms with E-state index in [1.165, 1.54) is 12.8 Å². The van der Waals surface area contributed by atoms with E-state index in [2.05, 4.69) is 20.8 Å². The number of carbonyl (C=O) groups is 1. The first kappa shape index (κ1) is 27.9. The lowest BCUT2D eigenvalue weighted by Crippen LogP contribution is -2.11. The van der Waals surface area contributed by atoms with Crippen LogP contribution in [0.25, 0.3) is 0 Å². The number of phenols is 2. The molecule has 6 heteroatoms. The Morgan fingerprint density at radius 2 is 1.12 bits per heavy atom. The first-order valence-corrected chi connectivity index (χ1v) is 12.6. The maximum atomic E-state index is 11.9. The van der Waals surface area contributed by atoms with E-state index < -0.39 is 17.5 Å². The van der Waals surface area contributed by atoms with Crippen molar-refractivity contribution in [3.63, 3.8) is 0 Å². The van der Waals surface area contributed by atoms with Gasteiger partial charge in [0.25, 0.3) is 0 Å². The van der Waals surface area contributed by atoms with Crippen molar-refractivity contribution in [2.45, 2.75) is 111 Å². The summed E-state index contributed by atoms with van der Waals surface area (Å²) in [6.45, 7) is 7.20. The van der Waals surface area contributed by atoms with Crippen molar-refractivity contribution in [3.05, 3.63) is 11.1 Å². The Balaban J connectivity index is 3.13. The van der Waals surface area contributed by atoms with Gasteiger partial charge in [-0.15, -0.1) is 0 Å². The van der Waals surface area contributed by atoms with E-state index in [4.69, 9.17) is 9.47 Å². The number of carboxylic acid groups (broad SMARTS) is 1. The molecule has 0 unspecified atom stereocenters. The minimum atomic E-state index is -1.27. The Bertz CT molecular complexity index is 671. The number of aromatic carboxylic acids is 1. The number of aromatic hydroxyl groups is 2. The molecule has 6 nitrogen and oxygen atoms in total. The molecular formula is C26H44O6. The van der Waals surface area contributed by atoms with E-state index in [-0.39, 0.29) is 17.1 Å². The molecule has 0 fully saturated rings. The van der Waals surface area contributed by atoms with Gasteiger partial charge in [-0.2, -0.15) is 0 Å². The molecule has 0 bridgehead atoms. The summed E-state index contributed by atoms with van der Waals surface area (Å²) in [7, 11) is 0. The van der Waals surface area contributed by atoms with Crippen LogP contribution in [0.1, 0.15) is 120 Å². The number of phenolic OH excluding ortho intramolecular Hbond substituents is 1. The summed E-state index contributed by atoms with van der Waals surface area (Å²) >= 11 is 0. The molecule has 0 aliphatic rings. The summed E-state index contributed by atoms with van der Waals surface area (Å²) in [5.41, 5.74) is 0.130. The van der Waals surface area contributed by atoms with Gasteiger partial charge in [0.1, 0.15) is 5.56 Å². The molecule has 1 aromatic carbocycles. The molecular weight excluding hydrogens is 408 g/mol. The quantitative estimate of drug-likeness (QED) is 0.151. The zero-order valence-electron chi connectivity index (χ0n) is 20.4. The van der Waals surface area contributed by atoms with Gasteiger partial charge in [-0.25, -0.2) is 4.79 Å². The maximum absolute atomic E-state index is 11.9. The van der Waals surface area contributed by atoms with Crippen LogP contribution in [-0.2, 0) is 6.42 Å². The van der Waals surface area contributed by atoms with Gasteiger partial charge >= 0.3 is 5.97 Å². The van der Waals surface area contributed by atoms with Gasteiger partial charge in [-0.3, -0.25) is 0 Å². The first-order valence-electron chi connectivity index (χ1n) is 12.6. The molecule has 0 amide bonds. The van der Waals surface area contributed by atoms with Gasteiger partial charge in [-0.05, 0) is 25.7 Å². The Labute approximate surface area is 194 Å². The highest BCUT2D eigenvalue weighted by Gasteiger charge is 2.29. The monoisotopic (exact) mass is 452 g/mol. The Morgan fingerprint density at radius 3 is 1.62 bits per heavy atom. The minimum absolute atomic E-state index is 0.0723. The molecule has 0 atom stereocenters. The van der Waals surface area contributed by atoms with Crippen LogP contribution in [0.4, 0.5) is 0 Å². The predicted octanol–water partition coefficient (Wildman–Crippen LogP) is 7.23. The highest BCUT2D eigenvalue weighted by atomic mass is 16.5. The molecule has 184 valence electrons. The third-order valence-electron chi connectivity index (χ3n) is 5.69. The van der Waals surface area contributed by atoms with Crippen molar-refractivity contribution >= 4 is 5.97 Å². The van der Waals surface area contributed by atoms with Crippen molar-refractivity contribution < 1.29 is 29.6 Å². The lowest BCUT2D eigenvalue weighted by Gasteiger charge is -2.21. The van der Waals surface area contributed by atoms with Crippen LogP contribution < -0.4 is 9.47 Å². The van der Waals surface area contributed by atoms with Gasteiger partial charge in [-0.1, -0.05) is 85.0 Å². The van der Waals surface area contributed by atoms with Crippen LogP contribution in [0.5, 0.6) is 23.0 Å². The van der Waals surface area contributed by atoms with E-state index in [1.54, 1.807) is 0 Å². The highest BCUT2D eigenvalue weighted by molar-refractivity contribution is 5.96. The van der Waals surface area contributed by atoms with Crippen LogP contribution in [0.3, 0.4) is 0 Å². The third kappa shape index (κ3) is 9.17. The van der Waals surface area contributed by atoms with E-state index in [9.17, 15) is 20.1 Å². The van der Waals surface area contributed by atoms with Crippen LogP contribution in [0.15, 0.2) is 0 Å². The molecule has 0 saturated carbocycles. The van der Waals surface area contributed by atoms with E-state index in [0.717, 1.165) is 70.6 Å². The number of rotatable bonds is 19. The van der Waals surface area contributed by atoms with E-state index in [1.807, 2.05) is 0 Å². The largest absolute Gasteiger partial charge is 0.504 e. The molecule has 3 N–H and O–H groups in total. The van der Waals surface area contributed by atoms with E-state index >= 15 is 0 Å². The number of carboxylic acids is 1. The molecule has 0 saturated heterocycles. The first-order chi connectivity index (χ1) is 15.5. The topological polar surface area (TPSA) is 96.2 Å². The van der Waals surface area contributed by atoms with Gasteiger partial charge in [0, 0.05) is 5.56 Å². The average Bonchev–Trinajstić information content (AvgIpc) is 2.77. The molecule has 0 radical (unpaired) electrons. The molecule has 0 aromatic heterocycles. The van der Waals surface area contributed by atoms with Crippen molar-refractivity contribution in [2.24, 2.45) is 0 Å². The van der Waals surface area contributed by atoms with Crippen LogP contribution >= 0.6 is 0 Å². The Hall–Kier alpha value is -2.11. The molecule has 0 spiro atoms.